The molecule has 25 heavy (non-hydrogen) atoms. The highest BCUT2D eigenvalue weighted by Gasteiger charge is 2.29. The van der Waals surface area contributed by atoms with Crippen molar-refractivity contribution in [3.63, 3.8) is 0 Å². The number of amides is 1. The number of carbonyl (C=O) groups excluding carboxylic acids is 1. The fourth-order valence-electron chi connectivity index (χ4n) is 3.06. The van der Waals surface area contributed by atoms with Gasteiger partial charge in [0.15, 0.2) is 0 Å². The molecule has 3 aromatic rings. The summed E-state index contributed by atoms with van der Waals surface area (Å²) in [4.78, 5) is 18.7. The standard InChI is InChI=1S/C18H18N4O3/c1-12-11-15(24-20-12)18(23)22-9-7-14(8-10-22)17-19-16(21-25-17)13-5-3-2-4-6-13/h2-6,11,14H,7-10H2,1H3. The molecule has 0 atom stereocenters. The first-order valence-electron chi connectivity index (χ1n) is 8.32. The average molecular weight is 338 g/mol. The van der Waals surface area contributed by atoms with E-state index in [1.807, 2.05) is 30.3 Å². The zero-order valence-corrected chi connectivity index (χ0v) is 13.9. The molecule has 2 aromatic heterocycles. The lowest BCUT2D eigenvalue weighted by atomic mass is 9.96. The van der Waals surface area contributed by atoms with Gasteiger partial charge in [0.25, 0.3) is 5.91 Å². The van der Waals surface area contributed by atoms with Crippen molar-refractivity contribution in [2.45, 2.75) is 25.7 Å². The maximum absolute atomic E-state index is 12.4. The SMILES string of the molecule is Cc1cc(C(=O)N2CCC(c3nc(-c4ccccc4)no3)CC2)on1. The number of hydrogen-bond acceptors (Lipinski definition) is 6. The second-order valence-corrected chi connectivity index (χ2v) is 6.22. The molecule has 1 aliphatic heterocycles. The van der Waals surface area contributed by atoms with Crippen LogP contribution in [0.25, 0.3) is 11.4 Å². The van der Waals surface area contributed by atoms with Crippen molar-refractivity contribution in [3.05, 3.63) is 53.7 Å². The van der Waals surface area contributed by atoms with Crippen LogP contribution in [0.1, 0.15) is 40.9 Å². The van der Waals surface area contributed by atoms with Crippen LogP contribution < -0.4 is 0 Å². The zero-order chi connectivity index (χ0) is 17.2. The Hall–Kier alpha value is -2.96. The first kappa shape index (κ1) is 15.6. The van der Waals surface area contributed by atoms with Gasteiger partial charge in [-0.1, -0.05) is 40.6 Å². The highest BCUT2D eigenvalue weighted by molar-refractivity contribution is 5.91. The summed E-state index contributed by atoms with van der Waals surface area (Å²) in [6, 6.07) is 11.4. The van der Waals surface area contributed by atoms with Gasteiger partial charge in [0.05, 0.1) is 5.69 Å². The quantitative estimate of drug-likeness (QED) is 0.729. The Balaban J connectivity index is 1.41. The molecule has 1 fully saturated rings. The molecule has 0 N–H and O–H groups in total. The molecule has 0 aliphatic carbocycles. The molecule has 0 saturated carbocycles. The van der Waals surface area contributed by atoms with E-state index in [1.54, 1.807) is 17.9 Å². The van der Waals surface area contributed by atoms with E-state index in [2.05, 4.69) is 15.3 Å². The Kier molecular flexibility index (Phi) is 4.05. The fourth-order valence-corrected chi connectivity index (χ4v) is 3.06. The fraction of sp³-hybridized carbons (Fsp3) is 0.333. The summed E-state index contributed by atoms with van der Waals surface area (Å²) in [7, 11) is 0. The van der Waals surface area contributed by atoms with Crippen molar-refractivity contribution in [2.24, 2.45) is 0 Å². The molecular formula is C18H18N4O3. The Morgan fingerprint density at radius 1 is 1.12 bits per heavy atom. The van der Waals surface area contributed by atoms with Gasteiger partial charge in [-0.3, -0.25) is 4.79 Å². The number of hydrogen-bond donors (Lipinski definition) is 0. The number of likely N-dealkylation sites (tertiary alicyclic amines) is 1. The number of rotatable bonds is 3. The van der Waals surface area contributed by atoms with E-state index in [4.69, 9.17) is 9.05 Å². The van der Waals surface area contributed by atoms with Crippen LogP contribution in [0.4, 0.5) is 0 Å². The lowest BCUT2D eigenvalue weighted by molar-refractivity contribution is 0.0662. The van der Waals surface area contributed by atoms with Crippen LogP contribution in [0, 0.1) is 6.92 Å². The third kappa shape index (κ3) is 3.17. The normalized spacial score (nSPS) is 15.5. The number of aromatic nitrogens is 3. The third-order valence-corrected chi connectivity index (χ3v) is 4.44. The largest absolute Gasteiger partial charge is 0.351 e. The summed E-state index contributed by atoms with van der Waals surface area (Å²) >= 11 is 0. The van der Waals surface area contributed by atoms with E-state index in [9.17, 15) is 4.79 Å². The van der Waals surface area contributed by atoms with Crippen LogP contribution in [0.2, 0.25) is 0 Å². The van der Waals surface area contributed by atoms with Gasteiger partial charge in [0.1, 0.15) is 0 Å². The lowest BCUT2D eigenvalue weighted by Crippen LogP contribution is -2.37. The van der Waals surface area contributed by atoms with Gasteiger partial charge >= 0.3 is 0 Å². The van der Waals surface area contributed by atoms with Crippen molar-refractivity contribution in [3.8, 4) is 11.4 Å². The maximum atomic E-state index is 12.4. The summed E-state index contributed by atoms with van der Waals surface area (Å²) in [5, 5.41) is 7.85. The van der Waals surface area contributed by atoms with Crippen LogP contribution in [-0.4, -0.2) is 39.2 Å². The van der Waals surface area contributed by atoms with Crippen LogP contribution in [0.3, 0.4) is 0 Å². The van der Waals surface area contributed by atoms with Crippen LogP contribution in [0.15, 0.2) is 45.4 Å². The summed E-state index contributed by atoms with van der Waals surface area (Å²) < 4.78 is 10.5. The molecule has 1 amide bonds. The zero-order valence-electron chi connectivity index (χ0n) is 13.9. The summed E-state index contributed by atoms with van der Waals surface area (Å²) in [5.74, 6) is 1.59. The molecule has 7 nitrogen and oxygen atoms in total. The maximum Gasteiger partial charge on any atom is 0.292 e. The predicted molar refractivity (Wildman–Crippen MR) is 88.9 cm³/mol. The number of carbonyl (C=O) groups is 1. The van der Waals surface area contributed by atoms with E-state index in [0.717, 1.165) is 18.4 Å². The van der Waals surface area contributed by atoms with Crippen molar-refractivity contribution in [2.75, 3.05) is 13.1 Å². The van der Waals surface area contributed by atoms with E-state index < -0.39 is 0 Å². The molecule has 0 radical (unpaired) electrons. The summed E-state index contributed by atoms with van der Waals surface area (Å²) in [6.45, 7) is 3.06. The first-order valence-corrected chi connectivity index (χ1v) is 8.32. The number of piperidine rings is 1. The summed E-state index contributed by atoms with van der Waals surface area (Å²) in [5.41, 5.74) is 1.64. The number of nitrogens with zero attached hydrogens (tertiary/aromatic N) is 4. The Labute approximate surface area is 144 Å². The number of aryl methyl sites for hydroxylation is 1. The molecule has 1 saturated heterocycles. The smallest absolute Gasteiger partial charge is 0.292 e. The van der Waals surface area contributed by atoms with E-state index >= 15 is 0 Å². The van der Waals surface area contributed by atoms with Gasteiger partial charge in [0, 0.05) is 30.6 Å². The van der Waals surface area contributed by atoms with Gasteiger partial charge in [0.2, 0.25) is 17.5 Å². The Morgan fingerprint density at radius 3 is 2.56 bits per heavy atom. The first-order chi connectivity index (χ1) is 12.2. The second-order valence-electron chi connectivity index (χ2n) is 6.22. The van der Waals surface area contributed by atoms with E-state index in [1.165, 1.54) is 0 Å². The van der Waals surface area contributed by atoms with Crippen molar-refractivity contribution < 1.29 is 13.8 Å². The minimum atomic E-state index is -0.116. The molecule has 0 bridgehead atoms. The predicted octanol–water partition coefficient (Wildman–Crippen LogP) is 3.05. The van der Waals surface area contributed by atoms with Gasteiger partial charge in [-0.2, -0.15) is 4.98 Å². The highest BCUT2D eigenvalue weighted by atomic mass is 16.5. The molecule has 3 heterocycles. The third-order valence-electron chi connectivity index (χ3n) is 4.44. The molecular weight excluding hydrogens is 320 g/mol. The monoisotopic (exact) mass is 338 g/mol. The van der Waals surface area contributed by atoms with Crippen molar-refractivity contribution in [1.29, 1.82) is 0 Å². The molecule has 7 heteroatoms. The minimum Gasteiger partial charge on any atom is -0.351 e. The molecule has 1 aromatic carbocycles. The Bertz CT molecular complexity index is 863. The van der Waals surface area contributed by atoms with Gasteiger partial charge in [-0.05, 0) is 19.8 Å². The van der Waals surface area contributed by atoms with Gasteiger partial charge in [-0.15, -0.1) is 0 Å². The van der Waals surface area contributed by atoms with Crippen molar-refractivity contribution >= 4 is 5.91 Å². The van der Waals surface area contributed by atoms with Crippen LogP contribution >= 0.6 is 0 Å². The van der Waals surface area contributed by atoms with Gasteiger partial charge < -0.3 is 13.9 Å². The lowest BCUT2D eigenvalue weighted by Gasteiger charge is -2.29. The molecule has 128 valence electrons. The summed E-state index contributed by atoms with van der Waals surface area (Å²) in [6.07, 6.45) is 1.57. The highest BCUT2D eigenvalue weighted by Crippen LogP contribution is 2.29. The average Bonchev–Trinajstić information content (AvgIpc) is 3.31. The number of benzene rings is 1. The minimum absolute atomic E-state index is 0.116. The molecule has 4 rings (SSSR count). The van der Waals surface area contributed by atoms with Crippen LogP contribution in [-0.2, 0) is 0 Å². The second kappa shape index (κ2) is 6.51. The van der Waals surface area contributed by atoms with Gasteiger partial charge in [-0.25, -0.2) is 0 Å². The topological polar surface area (TPSA) is 85.3 Å². The van der Waals surface area contributed by atoms with Crippen molar-refractivity contribution in [1.82, 2.24) is 20.2 Å². The molecule has 1 aliphatic rings. The van der Waals surface area contributed by atoms with E-state index in [0.29, 0.717) is 36.3 Å². The molecule has 0 spiro atoms. The van der Waals surface area contributed by atoms with Crippen LogP contribution in [0.5, 0.6) is 0 Å². The Morgan fingerprint density at radius 2 is 1.88 bits per heavy atom. The molecule has 0 unspecified atom stereocenters. The van der Waals surface area contributed by atoms with E-state index in [-0.39, 0.29) is 11.8 Å².